The molecule has 4 heteroatoms. The average molecular weight is 391 g/mol. The van der Waals surface area contributed by atoms with Crippen molar-refractivity contribution in [3.8, 4) is 0 Å². The van der Waals surface area contributed by atoms with Gasteiger partial charge in [-0.3, -0.25) is 14.5 Å². The first kappa shape index (κ1) is 19.8. The number of fused-ring (bicyclic) bond motifs is 3. The molecule has 0 aliphatic carbocycles. The summed E-state index contributed by atoms with van der Waals surface area (Å²) in [7, 11) is 0. The molecule has 0 N–H and O–H groups in total. The van der Waals surface area contributed by atoms with Gasteiger partial charge in [-0.25, -0.2) is 0 Å². The molecule has 2 aliphatic heterocycles. The summed E-state index contributed by atoms with van der Waals surface area (Å²) in [6.45, 7) is 8.09. The third-order valence-electron chi connectivity index (χ3n) is 6.38. The van der Waals surface area contributed by atoms with Crippen molar-refractivity contribution in [2.75, 3.05) is 26.2 Å². The molecule has 152 valence electrons. The van der Waals surface area contributed by atoms with Crippen molar-refractivity contribution in [1.29, 1.82) is 0 Å². The van der Waals surface area contributed by atoms with Gasteiger partial charge in [-0.05, 0) is 17.5 Å². The van der Waals surface area contributed by atoms with Crippen LogP contribution in [0.1, 0.15) is 60.6 Å². The summed E-state index contributed by atoms with van der Waals surface area (Å²) >= 11 is 0. The molecule has 2 aliphatic rings. The molecule has 0 aromatic heterocycles. The predicted molar refractivity (Wildman–Crippen MR) is 115 cm³/mol. The summed E-state index contributed by atoms with van der Waals surface area (Å²) < 4.78 is 0. The fourth-order valence-electron chi connectivity index (χ4n) is 4.85. The smallest absolute Gasteiger partial charge is 0.222 e. The van der Waals surface area contributed by atoms with Crippen molar-refractivity contribution in [2.24, 2.45) is 0 Å². The van der Waals surface area contributed by atoms with Gasteiger partial charge in [0, 0.05) is 50.0 Å². The van der Waals surface area contributed by atoms with E-state index >= 15 is 0 Å². The zero-order chi connectivity index (χ0) is 20.4. The third kappa shape index (κ3) is 4.13. The van der Waals surface area contributed by atoms with Crippen molar-refractivity contribution in [1.82, 2.24) is 9.80 Å². The number of Topliss-reactive ketones (excluding diaryl/α,β-unsaturated/α-hetero) is 1. The minimum Gasteiger partial charge on any atom is -0.339 e. The maximum absolute atomic E-state index is 12.8. The highest BCUT2D eigenvalue weighted by molar-refractivity contribution is 5.96. The lowest BCUT2D eigenvalue weighted by atomic mass is 9.75. The first-order chi connectivity index (χ1) is 14.0. The number of benzene rings is 2. The van der Waals surface area contributed by atoms with E-state index in [9.17, 15) is 9.59 Å². The van der Waals surface area contributed by atoms with E-state index in [1.807, 2.05) is 35.2 Å². The molecule has 4 rings (SSSR count). The Bertz CT molecular complexity index is 891. The molecule has 2 aromatic carbocycles. The molecule has 0 bridgehead atoms. The molecule has 1 atom stereocenters. The molecular formula is C25H30N2O2. The lowest BCUT2D eigenvalue weighted by Crippen LogP contribution is -2.55. The van der Waals surface area contributed by atoms with E-state index in [0.717, 1.165) is 31.7 Å². The van der Waals surface area contributed by atoms with Gasteiger partial charge in [0.05, 0.1) is 6.04 Å². The first-order valence-corrected chi connectivity index (χ1v) is 10.7. The van der Waals surface area contributed by atoms with Crippen LogP contribution in [0, 0.1) is 0 Å². The maximum Gasteiger partial charge on any atom is 0.222 e. The molecule has 1 unspecified atom stereocenters. The molecule has 4 nitrogen and oxygen atoms in total. The van der Waals surface area contributed by atoms with Crippen LogP contribution in [0.5, 0.6) is 0 Å². The Morgan fingerprint density at radius 1 is 0.966 bits per heavy atom. The van der Waals surface area contributed by atoms with Gasteiger partial charge < -0.3 is 4.90 Å². The summed E-state index contributed by atoms with van der Waals surface area (Å²) in [5, 5.41) is 0. The molecular weight excluding hydrogens is 360 g/mol. The van der Waals surface area contributed by atoms with Crippen molar-refractivity contribution in [3.05, 3.63) is 71.3 Å². The van der Waals surface area contributed by atoms with E-state index < -0.39 is 0 Å². The highest BCUT2D eigenvalue weighted by atomic mass is 16.2. The second kappa shape index (κ2) is 8.11. The quantitative estimate of drug-likeness (QED) is 0.718. The van der Waals surface area contributed by atoms with E-state index in [1.165, 1.54) is 11.1 Å². The standard InChI is InChI=1S/C25H30N2O2/c1-25(2)18-27-16-15-26(17-22(27)20-11-6-7-12-21(20)25)24(29)14-8-13-23(28)19-9-4-3-5-10-19/h3-7,9-12,22H,8,13-18H2,1-2H3. The van der Waals surface area contributed by atoms with Gasteiger partial charge >= 0.3 is 0 Å². The Balaban J connectivity index is 1.36. The predicted octanol–water partition coefficient (Wildman–Crippen LogP) is 4.22. The second-order valence-electron chi connectivity index (χ2n) is 8.94. The number of carbonyl (C=O) groups is 2. The summed E-state index contributed by atoms with van der Waals surface area (Å²) in [5.74, 6) is 0.291. The van der Waals surface area contributed by atoms with E-state index in [-0.39, 0.29) is 23.1 Å². The van der Waals surface area contributed by atoms with Gasteiger partial charge in [0.1, 0.15) is 0 Å². The summed E-state index contributed by atoms with van der Waals surface area (Å²) in [6.07, 6.45) is 1.48. The number of rotatable bonds is 5. The molecule has 1 amide bonds. The number of hydrogen-bond donors (Lipinski definition) is 0. The van der Waals surface area contributed by atoms with Gasteiger partial charge in [-0.15, -0.1) is 0 Å². The molecule has 2 heterocycles. The Labute approximate surface area is 173 Å². The van der Waals surface area contributed by atoms with Crippen molar-refractivity contribution < 1.29 is 9.59 Å². The van der Waals surface area contributed by atoms with Crippen molar-refractivity contribution in [2.45, 2.75) is 44.6 Å². The SMILES string of the molecule is CC1(C)CN2CCN(C(=O)CCCC(=O)c3ccccc3)CC2c2ccccc21. The van der Waals surface area contributed by atoms with Crippen LogP contribution >= 0.6 is 0 Å². The highest BCUT2D eigenvalue weighted by Crippen LogP contribution is 2.41. The first-order valence-electron chi connectivity index (χ1n) is 10.7. The number of ketones is 1. The number of carbonyl (C=O) groups excluding carboxylic acids is 2. The average Bonchev–Trinajstić information content (AvgIpc) is 2.74. The summed E-state index contributed by atoms with van der Waals surface area (Å²) in [4.78, 5) is 29.6. The van der Waals surface area contributed by atoms with Crippen LogP contribution in [0.25, 0.3) is 0 Å². The van der Waals surface area contributed by atoms with Gasteiger partial charge in [0.15, 0.2) is 5.78 Å². The minimum absolute atomic E-state index is 0.117. The Morgan fingerprint density at radius 3 is 2.48 bits per heavy atom. The van der Waals surface area contributed by atoms with E-state index in [0.29, 0.717) is 19.3 Å². The number of nitrogens with zero attached hydrogens (tertiary/aromatic N) is 2. The number of piperazine rings is 1. The fourth-order valence-corrected chi connectivity index (χ4v) is 4.85. The minimum atomic E-state index is 0.117. The van der Waals surface area contributed by atoms with E-state index in [1.54, 1.807) is 0 Å². The maximum atomic E-state index is 12.8. The Kier molecular flexibility index (Phi) is 5.55. The van der Waals surface area contributed by atoms with Crippen LogP contribution < -0.4 is 0 Å². The monoisotopic (exact) mass is 390 g/mol. The fraction of sp³-hybridized carbons (Fsp3) is 0.440. The molecule has 1 fully saturated rings. The summed E-state index contributed by atoms with van der Waals surface area (Å²) in [6, 6.07) is 18.3. The Morgan fingerprint density at radius 2 is 1.69 bits per heavy atom. The largest absolute Gasteiger partial charge is 0.339 e. The second-order valence-corrected chi connectivity index (χ2v) is 8.94. The molecule has 1 saturated heterocycles. The molecule has 0 saturated carbocycles. The van der Waals surface area contributed by atoms with Crippen LogP contribution in [0.4, 0.5) is 0 Å². The number of amides is 1. The van der Waals surface area contributed by atoms with Crippen LogP contribution in [-0.2, 0) is 10.2 Å². The summed E-state index contributed by atoms with van der Waals surface area (Å²) in [5.41, 5.74) is 3.64. The zero-order valence-electron chi connectivity index (χ0n) is 17.4. The van der Waals surface area contributed by atoms with Gasteiger partial charge in [0.2, 0.25) is 5.91 Å². The Hall–Kier alpha value is -2.46. The molecule has 0 radical (unpaired) electrons. The topological polar surface area (TPSA) is 40.6 Å². The van der Waals surface area contributed by atoms with E-state index in [2.05, 4.69) is 43.0 Å². The third-order valence-corrected chi connectivity index (χ3v) is 6.38. The molecule has 0 spiro atoms. The van der Waals surface area contributed by atoms with Crippen LogP contribution in [0.15, 0.2) is 54.6 Å². The normalized spacial score (nSPS) is 20.6. The van der Waals surface area contributed by atoms with E-state index in [4.69, 9.17) is 0 Å². The van der Waals surface area contributed by atoms with Gasteiger partial charge in [-0.2, -0.15) is 0 Å². The zero-order valence-corrected chi connectivity index (χ0v) is 17.4. The lowest BCUT2D eigenvalue weighted by Gasteiger charge is -2.50. The van der Waals surface area contributed by atoms with Crippen LogP contribution in [0.3, 0.4) is 0 Å². The van der Waals surface area contributed by atoms with Crippen molar-refractivity contribution in [3.63, 3.8) is 0 Å². The van der Waals surface area contributed by atoms with Crippen LogP contribution in [0.2, 0.25) is 0 Å². The molecule has 2 aromatic rings. The van der Waals surface area contributed by atoms with Crippen molar-refractivity contribution >= 4 is 11.7 Å². The lowest BCUT2D eigenvalue weighted by molar-refractivity contribution is -0.134. The van der Waals surface area contributed by atoms with Crippen LogP contribution in [-0.4, -0.2) is 47.7 Å². The van der Waals surface area contributed by atoms with Gasteiger partial charge in [-0.1, -0.05) is 68.4 Å². The van der Waals surface area contributed by atoms with Gasteiger partial charge in [0.25, 0.3) is 0 Å². The highest BCUT2D eigenvalue weighted by Gasteiger charge is 2.40. The number of hydrogen-bond acceptors (Lipinski definition) is 3. The molecule has 29 heavy (non-hydrogen) atoms.